The number of aliphatic hydroxyl groups is 1. The van der Waals surface area contributed by atoms with Crippen LogP contribution in [0.1, 0.15) is 148 Å². The Hall–Kier alpha value is -2.75. The molecule has 5 rings (SSSR count). The van der Waals surface area contributed by atoms with Crippen LogP contribution in [0.15, 0.2) is 52.3 Å². The zero-order chi connectivity index (χ0) is 35.1. The summed E-state index contributed by atoms with van der Waals surface area (Å²) in [6.07, 6.45) is 11.7. The molecule has 1 saturated carbocycles. The third kappa shape index (κ3) is 9.33. The van der Waals surface area contributed by atoms with E-state index >= 15 is 0 Å². The van der Waals surface area contributed by atoms with Crippen molar-refractivity contribution in [2.24, 2.45) is 17.8 Å². The van der Waals surface area contributed by atoms with Gasteiger partial charge in [-0.15, -0.1) is 17.7 Å². The summed E-state index contributed by atoms with van der Waals surface area (Å²) in [7, 11) is 0. The van der Waals surface area contributed by atoms with Crippen molar-refractivity contribution in [1.82, 2.24) is 4.98 Å². The molecule has 1 fully saturated rings. The first-order valence-corrected chi connectivity index (χ1v) is 18.8. The Morgan fingerprint density at radius 2 is 1.57 bits per heavy atom. The van der Waals surface area contributed by atoms with Crippen LogP contribution in [0, 0.1) is 30.7 Å². The number of allylic oxidation sites excluding steroid dienone is 2. The second-order valence-corrected chi connectivity index (χ2v) is 14.8. The topological polar surface area (TPSA) is 63.3 Å². The molecule has 0 bridgehead atoms. The van der Waals surface area contributed by atoms with E-state index in [0.717, 1.165) is 60.3 Å². The molecule has 2 aromatic heterocycles. The standard InChI is InChI=1S/C30H34NO.C14H26O2.Ir/c1-18(2)14-21-10-11-24-23(17-21)12-13-31-28(24)26-16-20(5)15-25-27(22-8-6-7-9-22)29(19(3)4)32-30(25)26;1-6-11(7-2)13(15)10(5)14(16)12(8-3)9-4;/h10-13,15,17-19,22H,6-9,14H2,1-5H3;11-12,15H,6-9H2,1-5H3;/q-1;;/b;13-10-;. The maximum absolute atomic E-state index is 12.1. The number of aryl methyl sites for hydroxylation is 1. The zero-order valence-electron chi connectivity index (χ0n) is 31.8. The number of carbonyl (C=O) groups is 1. The summed E-state index contributed by atoms with van der Waals surface area (Å²) in [5.41, 5.74) is 7.51. The van der Waals surface area contributed by atoms with Crippen molar-refractivity contribution >= 4 is 27.5 Å². The number of aliphatic hydroxyl groups excluding tert-OH is 1. The molecule has 4 nitrogen and oxygen atoms in total. The maximum atomic E-state index is 12.1. The summed E-state index contributed by atoms with van der Waals surface area (Å²) in [5.74, 6) is 3.41. The van der Waals surface area contributed by atoms with Crippen LogP contribution in [0.25, 0.3) is 33.0 Å². The van der Waals surface area contributed by atoms with E-state index in [0.29, 0.717) is 29.1 Å². The van der Waals surface area contributed by atoms with Gasteiger partial charge in [0.1, 0.15) is 5.76 Å². The second-order valence-electron chi connectivity index (χ2n) is 14.8. The van der Waals surface area contributed by atoms with Crippen LogP contribution in [-0.2, 0) is 31.3 Å². The molecule has 49 heavy (non-hydrogen) atoms. The van der Waals surface area contributed by atoms with Crippen LogP contribution in [0.5, 0.6) is 0 Å². The predicted molar refractivity (Wildman–Crippen MR) is 203 cm³/mol. The Morgan fingerprint density at radius 3 is 2.14 bits per heavy atom. The number of carbonyl (C=O) groups excluding carboxylic acids is 1. The number of nitrogens with zero attached hydrogens (tertiary/aromatic N) is 1. The van der Waals surface area contributed by atoms with Crippen molar-refractivity contribution in [3.05, 3.63) is 76.4 Å². The minimum atomic E-state index is 0. The van der Waals surface area contributed by atoms with Gasteiger partial charge < -0.3 is 14.5 Å². The molecule has 0 saturated heterocycles. The Balaban J connectivity index is 0.000000328. The number of pyridine rings is 1. The predicted octanol–water partition coefficient (Wildman–Crippen LogP) is 13.0. The fraction of sp³-hybridized carbons (Fsp3) is 0.545. The van der Waals surface area contributed by atoms with Gasteiger partial charge in [-0.2, -0.15) is 0 Å². The molecule has 2 heterocycles. The molecule has 1 aliphatic carbocycles. The van der Waals surface area contributed by atoms with Crippen molar-refractivity contribution in [3.8, 4) is 11.3 Å². The largest absolute Gasteiger partial charge is 0.512 e. The molecule has 0 spiro atoms. The van der Waals surface area contributed by atoms with E-state index < -0.39 is 0 Å². The summed E-state index contributed by atoms with van der Waals surface area (Å²) < 4.78 is 6.67. The van der Waals surface area contributed by atoms with Crippen LogP contribution in [-0.4, -0.2) is 15.9 Å². The molecular formula is C44H60IrNO3-. The van der Waals surface area contributed by atoms with Crippen LogP contribution in [0.3, 0.4) is 0 Å². The monoisotopic (exact) mass is 843 g/mol. The van der Waals surface area contributed by atoms with E-state index in [1.165, 1.54) is 53.0 Å². The summed E-state index contributed by atoms with van der Waals surface area (Å²) in [6, 6.07) is 14.8. The van der Waals surface area contributed by atoms with Crippen LogP contribution < -0.4 is 0 Å². The average molecular weight is 843 g/mol. The van der Waals surface area contributed by atoms with Gasteiger partial charge >= 0.3 is 0 Å². The van der Waals surface area contributed by atoms with Gasteiger partial charge in [0, 0.05) is 49.6 Å². The number of aromatic nitrogens is 1. The number of hydrogen-bond donors (Lipinski definition) is 1. The quantitative estimate of drug-likeness (QED) is 0.0877. The fourth-order valence-electron chi connectivity index (χ4n) is 7.64. The molecular weight excluding hydrogens is 783 g/mol. The average Bonchev–Trinajstić information content (AvgIpc) is 3.73. The van der Waals surface area contributed by atoms with Crippen molar-refractivity contribution in [2.45, 2.75) is 139 Å². The number of rotatable bonds is 12. The number of ketones is 1. The van der Waals surface area contributed by atoms with Gasteiger partial charge in [0.2, 0.25) is 0 Å². The van der Waals surface area contributed by atoms with E-state index in [2.05, 4.69) is 71.0 Å². The van der Waals surface area contributed by atoms with Crippen molar-refractivity contribution in [1.29, 1.82) is 0 Å². The van der Waals surface area contributed by atoms with E-state index in [9.17, 15) is 9.90 Å². The number of Topliss-reactive ketones (excluding diaryl/α,β-unsaturated/α-hetero) is 1. The third-order valence-corrected chi connectivity index (χ3v) is 10.4. The molecule has 0 amide bonds. The van der Waals surface area contributed by atoms with Crippen molar-refractivity contribution in [3.63, 3.8) is 0 Å². The van der Waals surface area contributed by atoms with Gasteiger partial charge in [0.15, 0.2) is 5.78 Å². The van der Waals surface area contributed by atoms with Gasteiger partial charge in [-0.3, -0.25) is 4.79 Å². The molecule has 0 unspecified atom stereocenters. The van der Waals surface area contributed by atoms with E-state index in [4.69, 9.17) is 9.40 Å². The molecule has 1 N–H and O–H groups in total. The summed E-state index contributed by atoms with van der Waals surface area (Å²) in [5, 5.41) is 13.7. The summed E-state index contributed by atoms with van der Waals surface area (Å²) >= 11 is 0. The Morgan fingerprint density at radius 1 is 0.939 bits per heavy atom. The first-order valence-electron chi connectivity index (χ1n) is 18.8. The Bertz CT molecular complexity index is 1720. The minimum Gasteiger partial charge on any atom is -0.512 e. The van der Waals surface area contributed by atoms with Gasteiger partial charge in [0.25, 0.3) is 0 Å². The van der Waals surface area contributed by atoms with Gasteiger partial charge in [-0.05, 0) is 97.4 Å². The first kappa shape index (κ1) is 40.7. The Kier molecular flexibility index (Phi) is 15.3. The molecule has 2 aromatic carbocycles. The smallest absolute Gasteiger partial charge is 0.164 e. The van der Waals surface area contributed by atoms with Crippen molar-refractivity contribution < 1.29 is 34.4 Å². The van der Waals surface area contributed by atoms with E-state index in [1.54, 1.807) is 6.92 Å². The minimum absolute atomic E-state index is 0. The Labute approximate surface area is 309 Å². The van der Waals surface area contributed by atoms with Crippen molar-refractivity contribution in [2.75, 3.05) is 0 Å². The fourth-order valence-corrected chi connectivity index (χ4v) is 7.64. The van der Waals surface area contributed by atoms with Crippen LogP contribution in [0.2, 0.25) is 0 Å². The first-order chi connectivity index (χ1) is 22.9. The number of fused-ring (bicyclic) bond motifs is 2. The molecule has 4 aromatic rings. The van der Waals surface area contributed by atoms with Gasteiger partial charge in [-0.1, -0.05) is 104 Å². The van der Waals surface area contributed by atoms with Crippen LogP contribution >= 0.6 is 0 Å². The molecule has 5 heteroatoms. The normalized spacial score (nSPS) is 14.2. The maximum Gasteiger partial charge on any atom is 0.164 e. The third-order valence-electron chi connectivity index (χ3n) is 10.4. The second kappa shape index (κ2) is 18.5. The number of hydrogen-bond acceptors (Lipinski definition) is 4. The zero-order valence-corrected chi connectivity index (χ0v) is 34.2. The molecule has 0 atom stereocenters. The molecule has 0 aliphatic heterocycles. The summed E-state index contributed by atoms with van der Waals surface area (Å²) in [6.45, 7) is 21.1. The van der Waals surface area contributed by atoms with E-state index in [-0.39, 0.29) is 37.7 Å². The number of furan rings is 1. The number of benzene rings is 2. The van der Waals surface area contributed by atoms with Gasteiger partial charge in [0.05, 0.1) is 11.3 Å². The SMILES string of the molecule is CCC(CC)C(=O)/C(C)=C(\O)C(CC)CC.Cc1[c-]c(-c2nccc3cc(CC(C)C)ccc23)c2oc(C(C)C)c(C3CCCC3)c2c1.[Ir]. The van der Waals surface area contributed by atoms with E-state index in [1.807, 2.05) is 33.9 Å². The molecule has 1 radical (unpaired) electrons. The summed E-state index contributed by atoms with van der Waals surface area (Å²) in [4.78, 5) is 16.9. The molecule has 269 valence electrons. The van der Waals surface area contributed by atoms with Gasteiger partial charge in [-0.25, -0.2) is 0 Å². The van der Waals surface area contributed by atoms with Crippen LogP contribution in [0.4, 0.5) is 0 Å². The molecule has 1 aliphatic rings.